The molecule has 0 saturated carbocycles. The summed E-state index contributed by atoms with van der Waals surface area (Å²) in [4.78, 5) is 0. The molecule has 1 aliphatic heterocycles. The van der Waals surface area contributed by atoms with Gasteiger partial charge >= 0.3 is 0 Å². The lowest BCUT2D eigenvalue weighted by Crippen LogP contribution is -2.21. The smallest absolute Gasteiger partial charge is 0.130 e. The number of rotatable bonds is 5. The zero-order chi connectivity index (χ0) is 13.1. The van der Waals surface area contributed by atoms with Crippen LogP contribution in [0, 0.1) is 0 Å². The van der Waals surface area contributed by atoms with Gasteiger partial charge in [0.1, 0.15) is 31.0 Å². The van der Waals surface area contributed by atoms with Gasteiger partial charge in [0, 0.05) is 17.2 Å². The third-order valence-corrected chi connectivity index (χ3v) is 3.11. The summed E-state index contributed by atoms with van der Waals surface area (Å²) < 4.78 is 16.1. The largest absolute Gasteiger partial charge is 0.491 e. The predicted molar refractivity (Wildman–Crippen MR) is 69.2 cm³/mol. The Labute approximate surface area is 111 Å². The lowest BCUT2D eigenvalue weighted by Gasteiger charge is -2.09. The van der Waals surface area contributed by atoms with E-state index in [4.69, 9.17) is 14.0 Å². The number of nitrogens with zero attached hydrogens (tertiary/aromatic N) is 1. The van der Waals surface area contributed by atoms with Gasteiger partial charge in [0.05, 0.1) is 12.2 Å². The van der Waals surface area contributed by atoms with Crippen molar-refractivity contribution in [1.82, 2.24) is 10.5 Å². The maximum absolute atomic E-state index is 5.67. The van der Waals surface area contributed by atoms with Crippen molar-refractivity contribution in [2.75, 3.05) is 13.2 Å². The molecular formula is C14H16N2O3. The summed E-state index contributed by atoms with van der Waals surface area (Å²) >= 11 is 0. The van der Waals surface area contributed by atoms with Crippen LogP contribution in [0.15, 0.2) is 35.2 Å². The van der Waals surface area contributed by atoms with Crippen LogP contribution in [0.2, 0.25) is 0 Å². The van der Waals surface area contributed by atoms with Crippen molar-refractivity contribution in [2.24, 2.45) is 0 Å². The Hall–Kier alpha value is -2.01. The number of nitrogens with one attached hydrogen (secondary N) is 1. The van der Waals surface area contributed by atoms with Crippen LogP contribution in [0.1, 0.15) is 24.1 Å². The van der Waals surface area contributed by atoms with Gasteiger partial charge in [-0.3, -0.25) is 0 Å². The van der Waals surface area contributed by atoms with Gasteiger partial charge in [0.25, 0.3) is 0 Å². The molecule has 19 heavy (non-hydrogen) atoms. The fourth-order valence-electron chi connectivity index (χ4n) is 2.16. The predicted octanol–water partition coefficient (Wildman–Crippen LogP) is 2.30. The first-order valence-corrected chi connectivity index (χ1v) is 6.38. The van der Waals surface area contributed by atoms with E-state index in [2.05, 4.69) is 23.5 Å². The molecule has 0 bridgehead atoms. The second kappa shape index (κ2) is 5.32. The number of hydrogen-bond donors (Lipinski definition) is 1. The molecule has 0 spiro atoms. The molecule has 1 unspecified atom stereocenters. The normalized spacial score (nSPS) is 17.0. The Bertz CT molecular complexity index is 540. The zero-order valence-electron chi connectivity index (χ0n) is 10.8. The van der Waals surface area contributed by atoms with E-state index in [9.17, 15) is 0 Å². The van der Waals surface area contributed by atoms with Gasteiger partial charge in [-0.25, -0.2) is 0 Å². The Morgan fingerprint density at radius 1 is 1.47 bits per heavy atom. The molecule has 0 amide bonds. The van der Waals surface area contributed by atoms with E-state index < -0.39 is 0 Å². The SMILES string of the molecule is CCNC1COc2cc(OCc3cnoc3)ccc21. The number of ether oxygens (including phenoxy) is 2. The summed E-state index contributed by atoms with van der Waals surface area (Å²) in [6, 6.07) is 6.23. The fraction of sp³-hybridized carbons (Fsp3) is 0.357. The third kappa shape index (κ3) is 2.56. The van der Waals surface area contributed by atoms with Gasteiger partial charge in [-0.05, 0) is 18.7 Å². The first-order chi connectivity index (χ1) is 9.36. The van der Waals surface area contributed by atoms with Gasteiger partial charge < -0.3 is 19.3 Å². The standard InChI is InChI=1S/C14H16N2O3/c1-2-15-13-9-18-14-5-11(3-4-12(13)14)17-7-10-6-16-19-8-10/h3-6,8,13,15H,2,7,9H2,1H3. The van der Waals surface area contributed by atoms with Crippen LogP contribution in [-0.2, 0) is 6.61 Å². The Balaban J connectivity index is 1.68. The minimum absolute atomic E-state index is 0.284. The van der Waals surface area contributed by atoms with Crippen LogP contribution in [0.4, 0.5) is 0 Å². The van der Waals surface area contributed by atoms with Crippen LogP contribution < -0.4 is 14.8 Å². The third-order valence-electron chi connectivity index (χ3n) is 3.11. The number of likely N-dealkylation sites (N-methyl/N-ethyl adjacent to an activating group) is 1. The highest BCUT2D eigenvalue weighted by molar-refractivity contribution is 5.45. The molecule has 3 rings (SSSR count). The summed E-state index contributed by atoms with van der Waals surface area (Å²) in [5, 5.41) is 7.02. The lowest BCUT2D eigenvalue weighted by molar-refractivity contribution is 0.296. The van der Waals surface area contributed by atoms with E-state index in [0.29, 0.717) is 13.2 Å². The zero-order valence-corrected chi connectivity index (χ0v) is 10.8. The minimum atomic E-state index is 0.284. The molecule has 0 fully saturated rings. The van der Waals surface area contributed by atoms with Crippen LogP contribution in [0.5, 0.6) is 11.5 Å². The molecule has 1 atom stereocenters. The summed E-state index contributed by atoms with van der Waals surface area (Å²) in [6.07, 6.45) is 3.22. The van der Waals surface area contributed by atoms with Crippen molar-refractivity contribution in [1.29, 1.82) is 0 Å². The van der Waals surface area contributed by atoms with E-state index in [0.717, 1.165) is 23.6 Å². The molecule has 2 aromatic rings. The molecule has 0 aliphatic carbocycles. The molecule has 5 heteroatoms. The van der Waals surface area contributed by atoms with Crippen LogP contribution in [0.25, 0.3) is 0 Å². The highest BCUT2D eigenvalue weighted by Crippen LogP contribution is 2.35. The van der Waals surface area contributed by atoms with Crippen LogP contribution in [-0.4, -0.2) is 18.3 Å². The van der Waals surface area contributed by atoms with Gasteiger partial charge in [-0.15, -0.1) is 0 Å². The fourth-order valence-corrected chi connectivity index (χ4v) is 2.16. The van der Waals surface area contributed by atoms with Crippen LogP contribution in [0.3, 0.4) is 0 Å². The molecule has 100 valence electrons. The van der Waals surface area contributed by atoms with E-state index in [-0.39, 0.29) is 6.04 Å². The molecule has 1 aromatic heterocycles. The van der Waals surface area contributed by atoms with Crippen molar-refractivity contribution >= 4 is 0 Å². The highest BCUT2D eigenvalue weighted by Gasteiger charge is 2.23. The molecule has 0 radical (unpaired) electrons. The average molecular weight is 260 g/mol. The molecular weight excluding hydrogens is 244 g/mol. The number of fused-ring (bicyclic) bond motifs is 1. The first kappa shape index (κ1) is 12.0. The second-order valence-electron chi connectivity index (χ2n) is 4.44. The Kier molecular flexibility index (Phi) is 3.37. The maximum atomic E-state index is 5.67. The molecule has 1 aliphatic rings. The number of aromatic nitrogens is 1. The number of benzene rings is 1. The van der Waals surface area contributed by atoms with E-state index in [1.165, 1.54) is 5.56 Å². The Morgan fingerprint density at radius 2 is 2.42 bits per heavy atom. The van der Waals surface area contributed by atoms with E-state index in [1.54, 1.807) is 12.5 Å². The average Bonchev–Trinajstić information content (AvgIpc) is 3.06. The van der Waals surface area contributed by atoms with Crippen molar-refractivity contribution in [3.8, 4) is 11.5 Å². The monoisotopic (exact) mass is 260 g/mol. The summed E-state index contributed by atoms with van der Waals surface area (Å²) in [7, 11) is 0. The Morgan fingerprint density at radius 3 is 3.21 bits per heavy atom. The van der Waals surface area contributed by atoms with E-state index >= 15 is 0 Å². The van der Waals surface area contributed by atoms with Crippen molar-refractivity contribution < 1.29 is 14.0 Å². The summed E-state index contributed by atoms with van der Waals surface area (Å²) in [5.41, 5.74) is 2.10. The number of hydrogen-bond acceptors (Lipinski definition) is 5. The highest BCUT2D eigenvalue weighted by atomic mass is 16.5. The van der Waals surface area contributed by atoms with Gasteiger partial charge in [0.15, 0.2) is 0 Å². The van der Waals surface area contributed by atoms with Gasteiger partial charge in [0.2, 0.25) is 0 Å². The molecule has 1 N–H and O–H groups in total. The lowest BCUT2D eigenvalue weighted by atomic mass is 10.1. The van der Waals surface area contributed by atoms with Gasteiger partial charge in [-0.1, -0.05) is 12.1 Å². The van der Waals surface area contributed by atoms with Crippen LogP contribution >= 0.6 is 0 Å². The second-order valence-corrected chi connectivity index (χ2v) is 4.44. The summed E-state index contributed by atoms with van der Waals surface area (Å²) in [6.45, 7) is 4.14. The molecule has 0 saturated heterocycles. The topological polar surface area (TPSA) is 56.5 Å². The van der Waals surface area contributed by atoms with E-state index in [1.807, 2.05) is 12.1 Å². The molecule has 5 nitrogen and oxygen atoms in total. The van der Waals surface area contributed by atoms with Crippen molar-refractivity contribution in [3.05, 3.63) is 41.8 Å². The molecule has 2 heterocycles. The quantitative estimate of drug-likeness (QED) is 0.894. The van der Waals surface area contributed by atoms with Crippen molar-refractivity contribution in [2.45, 2.75) is 19.6 Å². The van der Waals surface area contributed by atoms with Crippen molar-refractivity contribution in [3.63, 3.8) is 0 Å². The minimum Gasteiger partial charge on any atom is -0.491 e. The summed E-state index contributed by atoms with van der Waals surface area (Å²) in [5.74, 6) is 1.69. The van der Waals surface area contributed by atoms with Gasteiger partial charge in [-0.2, -0.15) is 0 Å². The first-order valence-electron chi connectivity index (χ1n) is 6.38. The molecule has 1 aromatic carbocycles. The maximum Gasteiger partial charge on any atom is 0.130 e.